The maximum atomic E-state index is 12.5. The zero-order valence-electron chi connectivity index (χ0n) is 11.2. The number of aromatic hydroxyl groups is 1. The van der Waals surface area contributed by atoms with Gasteiger partial charge in [0, 0.05) is 17.9 Å². The number of likely N-dealkylation sites (tertiary alicyclic amines) is 1. The van der Waals surface area contributed by atoms with E-state index in [2.05, 4.69) is 15.9 Å². The molecular formula is C15H20BrNO2. The monoisotopic (exact) mass is 325 g/mol. The lowest BCUT2D eigenvalue weighted by molar-refractivity contribution is 0.0727. The molecule has 1 aliphatic rings. The summed E-state index contributed by atoms with van der Waals surface area (Å²) in [6.45, 7) is 2.62. The van der Waals surface area contributed by atoms with Gasteiger partial charge in [0.25, 0.3) is 5.91 Å². The molecule has 3 nitrogen and oxygen atoms in total. The van der Waals surface area contributed by atoms with E-state index in [1.54, 1.807) is 6.07 Å². The van der Waals surface area contributed by atoms with Gasteiger partial charge in [-0.15, -0.1) is 0 Å². The fourth-order valence-corrected chi connectivity index (χ4v) is 3.03. The lowest BCUT2D eigenvalue weighted by atomic mass is 10.1. The van der Waals surface area contributed by atoms with Crippen molar-refractivity contribution in [3.8, 4) is 5.75 Å². The Hall–Kier alpha value is -1.03. The molecule has 1 amide bonds. The van der Waals surface area contributed by atoms with Gasteiger partial charge in [-0.25, -0.2) is 0 Å². The van der Waals surface area contributed by atoms with Crippen LogP contribution in [0.15, 0.2) is 18.2 Å². The number of para-hydroxylation sites is 1. The minimum atomic E-state index is -0.0294. The number of carbonyl (C=O) groups excluding carboxylic acids is 1. The number of aryl methyl sites for hydroxylation is 1. The largest absolute Gasteiger partial charge is 0.507 e. The Morgan fingerprint density at radius 3 is 3.05 bits per heavy atom. The van der Waals surface area contributed by atoms with Crippen molar-refractivity contribution < 1.29 is 9.90 Å². The van der Waals surface area contributed by atoms with Gasteiger partial charge in [-0.05, 0) is 44.2 Å². The Balaban J connectivity index is 2.16. The molecule has 1 atom stereocenters. The fourth-order valence-electron chi connectivity index (χ4n) is 2.70. The number of phenols is 1. The van der Waals surface area contributed by atoms with Crippen LogP contribution in [-0.2, 0) is 0 Å². The number of hydrogen-bond donors (Lipinski definition) is 1. The standard InChI is InChI=1S/C15H20BrNO2/c1-11-5-2-8-13(14(11)18)15(19)17-10-4-7-12(17)6-3-9-16/h2,5,8,12,18H,3-4,6-7,9-10H2,1H3. The number of benzene rings is 1. The molecule has 19 heavy (non-hydrogen) atoms. The summed E-state index contributed by atoms with van der Waals surface area (Å²) in [5.74, 6) is 0.0944. The Kier molecular flexibility index (Phi) is 4.86. The van der Waals surface area contributed by atoms with E-state index in [0.29, 0.717) is 11.6 Å². The van der Waals surface area contributed by atoms with Crippen LogP contribution in [0.25, 0.3) is 0 Å². The Morgan fingerprint density at radius 1 is 1.53 bits per heavy atom. The molecule has 1 aromatic carbocycles. The summed E-state index contributed by atoms with van der Waals surface area (Å²) >= 11 is 3.44. The van der Waals surface area contributed by atoms with E-state index >= 15 is 0 Å². The van der Waals surface area contributed by atoms with Crippen LogP contribution in [0.1, 0.15) is 41.6 Å². The normalized spacial score (nSPS) is 18.8. The average Bonchev–Trinajstić information content (AvgIpc) is 2.87. The Morgan fingerprint density at radius 2 is 2.32 bits per heavy atom. The van der Waals surface area contributed by atoms with E-state index in [1.807, 2.05) is 24.0 Å². The van der Waals surface area contributed by atoms with E-state index in [-0.39, 0.29) is 11.7 Å². The quantitative estimate of drug-likeness (QED) is 0.861. The van der Waals surface area contributed by atoms with Crippen molar-refractivity contribution in [1.29, 1.82) is 0 Å². The molecular weight excluding hydrogens is 306 g/mol. The summed E-state index contributed by atoms with van der Waals surface area (Å²) in [6, 6.07) is 5.68. The smallest absolute Gasteiger partial charge is 0.257 e. The first-order valence-electron chi connectivity index (χ1n) is 6.80. The summed E-state index contributed by atoms with van der Waals surface area (Å²) in [7, 11) is 0. The van der Waals surface area contributed by atoms with Crippen molar-refractivity contribution in [2.24, 2.45) is 0 Å². The van der Waals surface area contributed by atoms with Crippen molar-refractivity contribution in [2.45, 2.75) is 38.6 Å². The van der Waals surface area contributed by atoms with E-state index < -0.39 is 0 Å². The number of hydrogen-bond acceptors (Lipinski definition) is 2. The molecule has 0 aliphatic carbocycles. The molecule has 1 heterocycles. The van der Waals surface area contributed by atoms with Crippen LogP contribution in [0.2, 0.25) is 0 Å². The van der Waals surface area contributed by atoms with Crippen LogP contribution < -0.4 is 0 Å². The minimum Gasteiger partial charge on any atom is -0.507 e. The van der Waals surface area contributed by atoms with Gasteiger partial charge in [-0.3, -0.25) is 4.79 Å². The summed E-state index contributed by atoms with van der Waals surface area (Å²) in [5, 5.41) is 11.0. The van der Waals surface area contributed by atoms with Crippen LogP contribution in [0.5, 0.6) is 5.75 Å². The highest BCUT2D eigenvalue weighted by Gasteiger charge is 2.30. The average molecular weight is 326 g/mol. The third-order valence-electron chi connectivity index (χ3n) is 3.78. The highest BCUT2D eigenvalue weighted by atomic mass is 79.9. The zero-order chi connectivity index (χ0) is 13.8. The van der Waals surface area contributed by atoms with Crippen molar-refractivity contribution in [3.63, 3.8) is 0 Å². The van der Waals surface area contributed by atoms with Crippen LogP contribution in [-0.4, -0.2) is 33.8 Å². The highest BCUT2D eigenvalue weighted by Crippen LogP contribution is 2.28. The van der Waals surface area contributed by atoms with Gasteiger partial charge in [0.05, 0.1) is 5.56 Å². The first-order valence-corrected chi connectivity index (χ1v) is 7.93. The van der Waals surface area contributed by atoms with E-state index in [4.69, 9.17) is 0 Å². The van der Waals surface area contributed by atoms with Gasteiger partial charge in [0.1, 0.15) is 5.75 Å². The van der Waals surface area contributed by atoms with Crippen LogP contribution in [0.3, 0.4) is 0 Å². The predicted octanol–water partition coefficient (Wildman–Crippen LogP) is 3.48. The third-order valence-corrected chi connectivity index (χ3v) is 4.34. The molecule has 1 aliphatic heterocycles. The number of phenolic OH excluding ortho intramolecular Hbond substituents is 1. The summed E-state index contributed by atoms with van der Waals surface area (Å²) < 4.78 is 0. The lowest BCUT2D eigenvalue weighted by Crippen LogP contribution is -2.35. The van der Waals surface area contributed by atoms with Gasteiger partial charge >= 0.3 is 0 Å². The van der Waals surface area contributed by atoms with E-state index in [0.717, 1.165) is 43.1 Å². The van der Waals surface area contributed by atoms with Gasteiger partial charge in [0.15, 0.2) is 0 Å². The third kappa shape index (κ3) is 3.11. The molecule has 1 unspecified atom stereocenters. The minimum absolute atomic E-state index is 0.0294. The zero-order valence-corrected chi connectivity index (χ0v) is 12.8. The van der Waals surface area contributed by atoms with Crippen LogP contribution in [0.4, 0.5) is 0 Å². The summed E-state index contributed by atoms with van der Waals surface area (Å²) in [4.78, 5) is 14.5. The molecule has 0 bridgehead atoms. The molecule has 0 saturated carbocycles. The first kappa shape index (κ1) is 14.4. The van der Waals surface area contributed by atoms with Crippen molar-refractivity contribution in [1.82, 2.24) is 4.90 Å². The van der Waals surface area contributed by atoms with Gasteiger partial charge in [0.2, 0.25) is 0 Å². The molecule has 0 aromatic heterocycles. The number of nitrogens with zero attached hydrogens (tertiary/aromatic N) is 1. The molecule has 1 aromatic rings. The number of alkyl halides is 1. The topological polar surface area (TPSA) is 40.5 Å². The van der Waals surface area contributed by atoms with Crippen molar-refractivity contribution >= 4 is 21.8 Å². The molecule has 2 rings (SSSR count). The fraction of sp³-hybridized carbons (Fsp3) is 0.533. The lowest BCUT2D eigenvalue weighted by Gasteiger charge is -2.25. The maximum Gasteiger partial charge on any atom is 0.257 e. The molecule has 0 spiro atoms. The SMILES string of the molecule is Cc1cccc(C(=O)N2CCCC2CCCBr)c1O. The molecule has 104 valence electrons. The predicted molar refractivity (Wildman–Crippen MR) is 79.9 cm³/mol. The summed E-state index contributed by atoms with van der Waals surface area (Å²) in [6.07, 6.45) is 4.24. The second-order valence-corrected chi connectivity index (χ2v) is 5.89. The number of halogens is 1. The molecule has 1 N–H and O–H groups in total. The Labute approximate surface area is 122 Å². The van der Waals surface area contributed by atoms with E-state index in [1.165, 1.54) is 0 Å². The number of carbonyl (C=O) groups is 1. The molecule has 1 saturated heterocycles. The first-order chi connectivity index (χ1) is 9.15. The van der Waals surface area contributed by atoms with Crippen LogP contribution in [0, 0.1) is 6.92 Å². The molecule has 4 heteroatoms. The number of amides is 1. The van der Waals surface area contributed by atoms with Gasteiger partial charge < -0.3 is 10.0 Å². The molecule has 0 radical (unpaired) electrons. The maximum absolute atomic E-state index is 12.5. The van der Waals surface area contributed by atoms with E-state index in [9.17, 15) is 9.90 Å². The summed E-state index contributed by atoms with van der Waals surface area (Å²) in [5.41, 5.74) is 1.19. The second kappa shape index (κ2) is 6.42. The Bertz CT molecular complexity index is 461. The molecule has 1 fully saturated rings. The van der Waals surface area contributed by atoms with Gasteiger partial charge in [-0.2, -0.15) is 0 Å². The number of rotatable bonds is 4. The van der Waals surface area contributed by atoms with Crippen molar-refractivity contribution in [2.75, 3.05) is 11.9 Å². The second-order valence-electron chi connectivity index (χ2n) is 5.10. The highest BCUT2D eigenvalue weighted by molar-refractivity contribution is 9.09. The van der Waals surface area contributed by atoms with Crippen LogP contribution >= 0.6 is 15.9 Å². The van der Waals surface area contributed by atoms with Crippen molar-refractivity contribution in [3.05, 3.63) is 29.3 Å². The van der Waals surface area contributed by atoms with Gasteiger partial charge in [-0.1, -0.05) is 28.1 Å².